The topological polar surface area (TPSA) is 46.9 Å². The lowest BCUT2D eigenvalue weighted by molar-refractivity contribution is 0.0932. The SMILES string of the molecule is O=C(N[C@@H]1CCCc2c1cnn2Cc1ccccc1)c1ccc(F)cc1Br. The number of hydrogen-bond acceptors (Lipinski definition) is 2. The van der Waals surface area contributed by atoms with E-state index >= 15 is 0 Å². The summed E-state index contributed by atoms with van der Waals surface area (Å²) in [6, 6.07) is 14.2. The summed E-state index contributed by atoms with van der Waals surface area (Å²) in [6.07, 6.45) is 4.68. The molecule has 138 valence electrons. The van der Waals surface area contributed by atoms with Crippen molar-refractivity contribution in [3.8, 4) is 0 Å². The van der Waals surface area contributed by atoms with Gasteiger partial charge in [0.05, 0.1) is 24.3 Å². The Kier molecular flexibility index (Phi) is 5.07. The monoisotopic (exact) mass is 427 g/mol. The third kappa shape index (κ3) is 3.81. The van der Waals surface area contributed by atoms with Crippen molar-refractivity contribution >= 4 is 21.8 Å². The summed E-state index contributed by atoms with van der Waals surface area (Å²) in [5.74, 6) is -0.587. The number of amides is 1. The van der Waals surface area contributed by atoms with Gasteiger partial charge in [-0.1, -0.05) is 30.3 Å². The lowest BCUT2D eigenvalue weighted by atomic mass is 9.92. The zero-order valence-corrected chi connectivity index (χ0v) is 16.2. The second kappa shape index (κ2) is 7.64. The van der Waals surface area contributed by atoms with Gasteiger partial charge in [0, 0.05) is 15.7 Å². The van der Waals surface area contributed by atoms with Crippen LogP contribution < -0.4 is 5.32 Å². The fourth-order valence-corrected chi connectivity index (χ4v) is 4.10. The molecular formula is C21H19BrFN3O. The van der Waals surface area contributed by atoms with Gasteiger partial charge in [0.25, 0.3) is 5.91 Å². The Morgan fingerprint density at radius 2 is 2.07 bits per heavy atom. The van der Waals surface area contributed by atoms with E-state index in [1.54, 1.807) is 0 Å². The number of carbonyl (C=O) groups is 1. The lowest BCUT2D eigenvalue weighted by Gasteiger charge is -2.24. The number of halogens is 2. The average molecular weight is 428 g/mol. The molecule has 0 saturated heterocycles. The van der Waals surface area contributed by atoms with Gasteiger partial charge >= 0.3 is 0 Å². The highest BCUT2D eigenvalue weighted by atomic mass is 79.9. The first-order chi connectivity index (χ1) is 13.1. The van der Waals surface area contributed by atoms with Gasteiger partial charge in [0.1, 0.15) is 5.82 Å². The Morgan fingerprint density at radius 1 is 1.26 bits per heavy atom. The zero-order valence-electron chi connectivity index (χ0n) is 14.7. The van der Waals surface area contributed by atoms with Gasteiger partial charge in [-0.2, -0.15) is 5.10 Å². The average Bonchev–Trinajstić information content (AvgIpc) is 3.06. The second-order valence-corrected chi connectivity index (χ2v) is 7.59. The second-order valence-electron chi connectivity index (χ2n) is 6.73. The highest BCUT2D eigenvalue weighted by molar-refractivity contribution is 9.10. The summed E-state index contributed by atoms with van der Waals surface area (Å²) in [6.45, 7) is 0.723. The fourth-order valence-electron chi connectivity index (χ4n) is 3.57. The molecule has 1 amide bonds. The molecule has 4 nitrogen and oxygen atoms in total. The maximum absolute atomic E-state index is 13.3. The molecule has 1 atom stereocenters. The van der Waals surface area contributed by atoms with E-state index in [0.717, 1.165) is 31.4 Å². The van der Waals surface area contributed by atoms with Crippen molar-refractivity contribution in [2.24, 2.45) is 0 Å². The van der Waals surface area contributed by atoms with E-state index in [9.17, 15) is 9.18 Å². The highest BCUT2D eigenvalue weighted by Gasteiger charge is 2.26. The Morgan fingerprint density at radius 3 is 2.85 bits per heavy atom. The number of fused-ring (bicyclic) bond motifs is 1. The Hall–Kier alpha value is -2.47. The molecule has 27 heavy (non-hydrogen) atoms. The van der Waals surface area contributed by atoms with Crippen LogP contribution in [0.3, 0.4) is 0 Å². The molecular weight excluding hydrogens is 409 g/mol. The molecule has 0 unspecified atom stereocenters. The highest BCUT2D eigenvalue weighted by Crippen LogP contribution is 2.30. The standard InChI is InChI=1S/C21H19BrFN3O/c22-18-11-15(23)9-10-16(18)21(27)25-19-7-4-8-20-17(19)12-24-26(20)13-14-5-2-1-3-6-14/h1-3,5-6,9-12,19H,4,7-8,13H2,(H,25,27)/t19-/m1/s1. The van der Waals surface area contributed by atoms with Crippen molar-refractivity contribution in [2.75, 3.05) is 0 Å². The van der Waals surface area contributed by atoms with Gasteiger partial charge in [-0.05, 0) is 59.0 Å². The van der Waals surface area contributed by atoms with Crippen LogP contribution in [0.15, 0.2) is 59.2 Å². The minimum atomic E-state index is -0.374. The van der Waals surface area contributed by atoms with Crippen LogP contribution in [0, 0.1) is 5.82 Å². The largest absolute Gasteiger partial charge is 0.345 e. The van der Waals surface area contributed by atoms with Crippen molar-refractivity contribution in [1.82, 2.24) is 15.1 Å². The molecule has 1 aliphatic carbocycles. The van der Waals surface area contributed by atoms with Crippen LogP contribution in [0.2, 0.25) is 0 Å². The van der Waals surface area contributed by atoms with Crippen molar-refractivity contribution in [3.05, 3.63) is 87.4 Å². The van der Waals surface area contributed by atoms with E-state index in [-0.39, 0.29) is 17.8 Å². The van der Waals surface area contributed by atoms with Crippen LogP contribution in [0.25, 0.3) is 0 Å². The maximum atomic E-state index is 13.3. The predicted octanol–water partition coefficient (Wildman–Crippen LogP) is 4.64. The van der Waals surface area contributed by atoms with Crippen molar-refractivity contribution in [2.45, 2.75) is 31.8 Å². The number of nitrogens with one attached hydrogen (secondary N) is 1. The van der Waals surface area contributed by atoms with Crippen molar-refractivity contribution < 1.29 is 9.18 Å². The molecule has 1 N–H and O–H groups in total. The summed E-state index contributed by atoms with van der Waals surface area (Å²) in [5.41, 5.74) is 3.88. The number of carbonyl (C=O) groups excluding carboxylic acids is 1. The van der Waals surface area contributed by atoms with E-state index in [2.05, 4.69) is 38.5 Å². The van der Waals surface area contributed by atoms with E-state index in [0.29, 0.717) is 10.0 Å². The first-order valence-corrected chi connectivity index (χ1v) is 9.75. The van der Waals surface area contributed by atoms with Crippen LogP contribution in [-0.4, -0.2) is 15.7 Å². The number of rotatable bonds is 4. The van der Waals surface area contributed by atoms with E-state index in [1.807, 2.05) is 29.1 Å². The smallest absolute Gasteiger partial charge is 0.252 e. The molecule has 1 aromatic heterocycles. The molecule has 0 radical (unpaired) electrons. The molecule has 0 spiro atoms. The number of hydrogen-bond donors (Lipinski definition) is 1. The quantitative estimate of drug-likeness (QED) is 0.658. The number of benzene rings is 2. The summed E-state index contributed by atoms with van der Waals surface area (Å²) in [5, 5.41) is 7.64. The molecule has 0 saturated carbocycles. The molecule has 0 aliphatic heterocycles. The molecule has 2 aromatic carbocycles. The molecule has 0 fully saturated rings. The van der Waals surface area contributed by atoms with Gasteiger partial charge in [0.15, 0.2) is 0 Å². The Labute approximate surface area is 165 Å². The molecule has 3 aromatic rings. The van der Waals surface area contributed by atoms with Crippen LogP contribution in [0.5, 0.6) is 0 Å². The zero-order chi connectivity index (χ0) is 18.8. The predicted molar refractivity (Wildman–Crippen MR) is 105 cm³/mol. The minimum absolute atomic E-state index is 0.0808. The summed E-state index contributed by atoms with van der Waals surface area (Å²) < 4.78 is 15.8. The Bertz CT molecular complexity index is 971. The molecule has 1 heterocycles. The first kappa shape index (κ1) is 17.9. The van der Waals surface area contributed by atoms with Gasteiger partial charge in [-0.15, -0.1) is 0 Å². The van der Waals surface area contributed by atoms with Gasteiger partial charge < -0.3 is 5.32 Å². The van der Waals surface area contributed by atoms with Gasteiger partial charge in [-0.3, -0.25) is 9.48 Å². The Balaban J connectivity index is 1.54. The minimum Gasteiger partial charge on any atom is -0.345 e. The molecule has 1 aliphatic rings. The summed E-state index contributed by atoms with van der Waals surface area (Å²) in [4.78, 5) is 12.7. The van der Waals surface area contributed by atoms with Gasteiger partial charge in [0.2, 0.25) is 0 Å². The number of nitrogens with zero attached hydrogens (tertiary/aromatic N) is 2. The third-order valence-electron chi connectivity index (χ3n) is 4.92. The first-order valence-electron chi connectivity index (χ1n) is 8.96. The number of aromatic nitrogens is 2. The van der Waals surface area contributed by atoms with Crippen LogP contribution in [0.4, 0.5) is 4.39 Å². The molecule has 4 rings (SSSR count). The van der Waals surface area contributed by atoms with Gasteiger partial charge in [-0.25, -0.2) is 4.39 Å². The lowest BCUT2D eigenvalue weighted by Crippen LogP contribution is -2.31. The van der Waals surface area contributed by atoms with Crippen LogP contribution >= 0.6 is 15.9 Å². The van der Waals surface area contributed by atoms with Crippen LogP contribution in [0.1, 0.15) is 46.1 Å². The van der Waals surface area contributed by atoms with Crippen molar-refractivity contribution in [3.63, 3.8) is 0 Å². The van der Waals surface area contributed by atoms with Crippen LogP contribution in [-0.2, 0) is 13.0 Å². The summed E-state index contributed by atoms with van der Waals surface area (Å²) in [7, 11) is 0. The van der Waals surface area contributed by atoms with E-state index in [4.69, 9.17) is 0 Å². The maximum Gasteiger partial charge on any atom is 0.252 e. The van der Waals surface area contributed by atoms with Crippen molar-refractivity contribution in [1.29, 1.82) is 0 Å². The summed E-state index contributed by atoms with van der Waals surface area (Å²) >= 11 is 3.27. The third-order valence-corrected chi connectivity index (χ3v) is 5.58. The molecule has 6 heteroatoms. The fraction of sp³-hybridized carbons (Fsp3) is 0.238. The van der Waals surface area contributed by atoms with E-state index < -0.39 is 0 Å². The molecule has 0 bridgehead atoms. The van der Waals surface area contributed by atoms with E-state index in [1.165, 1.54) is 29.5 Å². The normalized spacial score (nSPS) is 16.0.